The number of nitrogen functional groups attached to an aromatic ring is 1. The number of anilines is 1. The van der Waals surface area contributed by atoms with E-state index in [-0.39, 0.29) is 17.9 Å². The van der Waals surface area contributed by atoms with Gasteiger partial charge in [0.25, 0.3) is 0 Å². The standard InChI is InChI=1S/C24H26FN7O/c1-4-31-23-15-8-21(24(29)32-12-15)33-13(2)18-9-16(25)5-6-17(18)22(28)14(11-30-3)7-19(23)20(27)10-26/h5-6,8-9,11-13H,4,7,27-28H2,1-3H3,(H2,29,32)/t13-/m1/s1. The lowest BCUT2D eigenvalue weighted by molar-refractivity contribution is 0.226. The van der Waals surface area contributed by atoms with Crippen LogP contribution in [0.3, 0.4) is 0 Å². The van der Waals surface area contributed by atoms with Crippen LogP contribution in [-0.4, -0.2) is 30.5 Å². The number of ether oxygens (including phenoxy) is 1. The summed E-state index contributed by atoms with van der Waals surface area (Å²) in [7, 11) is 1.61. The zero-order chi connectivity index (χ0) is 24.1. The molecule has 1 aromatic heterocycles. The maximum atomic E-state index is 14.2. The number of nitrogens with two attached hydrogens (primary N) is 3. The van der Waals surface area contributed by atoms with Gasteiger partial charge in [0.2, 0.25) is 0 Å². The first-order chi connectivity index (χ1) is 15.8. The summed E-state index contributed by atoms with van der Waals surface area (Å²) in [5.74, 6) is 0.0336. The molecule has 3 rings (SSSR count). The molecule has 0 spiro atoms. The van der Waals surface area contributed by atoms with E-state index in [2.05, 4.69) is 15.0 Å². The Hall–Kier alpha value is -4.19. The molecule has 1 aliphatic rings. The van der Waals surface area contributed by atoms with Gasteiger partial charge in [-0.2, -0.15) is 5.26 Å². The van der Waals surface area contributed by atoms with Crippen molar-refractivity contribution in [3.05, 3.63) is 69.8 Å². The maximum absolute atomic E-state index is 14.2. The number of benzene rings is 1. The summed E-state index contributed by atoms with van der Waals surface area (Å²) in [5, 5.41) is 9.62. The summed E-state index contributed by atoms with van der Waals surface area (Å²) in [6.45, 7) is 4.08. The van der Waals surface area contributed by atoms with Crippen LogP contribution in [0.15, 0.2) is 57.3 Å². The molecule has 170 valence electrons. The van der Waals surface area contributed by atoms with Crippen molar-refractivity contribution in [1.82, 2.24) is 4.98 Å². The lowest BCUT2D eigenvalue weighted by Gasteiger charge is -2.23. The van der Waals surface area contributed by atoms with Gasteiger partial charge >= 0.3 is 0 Å². The first kappa shape index (κ1) is 23.5. The average molecular weight is 448 g/mol. The minimum Gasteiger partial charge on any atom is -0.482 e. The molecule has 6 N–H and O–H groups in total. The number of nitrogens with zero attached hydrogens (tertiary/aromatic N) is 4. The fraction of sp³-hybridized carbons (Fsp3) is 0.250. The van der Waals surface area contributed by atoms with E-state index in [1.54, 1.807) is 38.5 Å². The predicted octanol–water partition coefficient (Wildman–Crippen LogP) is 3.26. The molecule has 33 heavy (non-hydrogen) atoms. The van der Waals surface area contributed by atoms with Gasteiger partial charge in [0, 0.05) is 60.4 Å². The van der Waals surface area contributed by atoms with Crippen LogP contribution in [0, 0.1) is 17.1 Å². The molecule has 8 nitrogen and oxygen atoms in total. The number of pyridine rings is 1. The summed E-state index contributed by atoms with van der Waals surface area (Å²) in [6.07, 6.45) is 2.72. The van der Waals surface area contributed by atoms with Gasteiger partial charge in [-0.1, -0.05) is 0 Å². The molecule has 9 heteroatoms. The lowest BCUT2D eigenvalue weighted by atomic mass is 9.91. The molecular weight excluding hydrogens is 421 g/mol. The zero-order valence-corrected chi connectivity index (χ0v) is 18.8. The molecule has 2 bridgehead atoms. The average Bonchev–Trinajstić information content (AvgIpc) is 2.80. The Morgan fingerprint density at radius 1 is 1.36 bits per heavy atom. The third-order valence-electron chi connectivity index (χ3n) is 5.25. The van der Waals surface area contributed by atoms with Gasteiger partial charge < -0.3 is 21.9 Å². The fourth-order valence-corrected chi connectivity index (χ4v) is 3.67. The Kier molecular flexibility index (Phi) is 7.08. The summed E-state index contributed by atoms with van der Waals surface area (Å²) >= 11 is 0. The van der Waals surface area contributed by atoms with E-state index in [1.807, 2.05) is 13.0 Å². The number of hydrogen-bond donors (Lipinski definition) is 3. The Balaban J connectivity index is 2.42. The molecule has 0 radical (unpaired) electrons. The van der Waals surface area contributed by atoms with Crippen molar-refractivity contribution in [2.75, 3.05) is 19.3 Å². The number of nitriles is 1. The highest BCUT2D eigenvalue weighted by Gasteiger charge is 2.23. The molecule has 0 saturated heterocycles. The highest BCUT2D eigenvalue weighted by molar-refractivity contribution is 6.14. The van der Waals surface area contributed by atoms with E-state index in [1.165, 1.54) is 12.1 Å². The number of rotatable bonds is 2. The van der Waals surface area contributed by atoms with Gasteiger partial charge in [-0.15, -0.1) is 0 Å². The molecule has 1 aliphatic heterocycles. The van der Waals surface area contributed by atoms with Crippen molar-refractivity contribution in [2.24, 2.45) is 21.5 Å². The summed E-state index contributed by atoms with van der Waals surface area (Å²) < 4.78 is 20.3. The van der Waals surface area contributed by atoms with E-state index < -0.39 is 11.9 Å². The third kappa shape index (κ3) is 4.85. The van der Waals surface area contributed by atoms with Gasteiger partial charge in [0.1, 0.15) is 23.7 Å². The number of allylic oxidation sites excluding steroid dienone is 3. The number of fused-ring (bicyclic) bond motifs is 3. The van der Waals surface area contributed by atoms with Gasteiger partial charge in [-0.3, -0.25) is 9.98 Å². The topological polar surface area (TPSA) is 149 Å². The highest BCUT2D eigenvalue weighted by atomic mass is 19.1. The van der Waals surface area contributed by atoms with Crippen LogP contribution in [-0.2, 0) is 0 Å². The van der Waals surface area contributed by atoms with Crippen LogP contribution in [0.1, 0.15) is 43.1 Å². The first-order valence-corrected chi connectivity index (χ1v) is 10.4. The minimum atomic E-state index is -0.599. The SMILES string of the molecule is CCN=C1C(=C(N)C#N)CC(C=NC)=C(N)c2ccc(F)cc2[C@@H](C)Oc2cc1cnc2N. The molecule has 2 heterocycles. The van der Waals surface area contributed by atoms with E-state index in [0.717, 1.165) is 0 Å². The monoisotopic (exact) mass is 447 g/mol. The maximum Gasteiger partial charge on any atom is 0.166 e. The van der Waals surface area contributed by atoms with Crippen molar-refractivity contribution in [3.8, 4) is 11.8 Å². The highest BCUT2D eigenvalue weighted by Crippen LogP contribution is 2.34. The number of aromatic nitrogens is 1. The molecule has 0 unspecified atom stereocenters. The summed E-state index contributed by atoms with van der Waals surface area (Å²) in [5.41, 5.74) is 22.3. The van der Waals surface area contributed by atoms with Crippen LogP contribution >= 0.6 is 0 Å². The normalized spacial score (nSPS) is 19.4. The second-order valence-electron chi connectivity index (χ2n) is 7.43. The summed E-state index contributed by atoms with van der Waals surface area (Å²) in [6, 6.07) is 7.99. The van der Waals surface area contributed by atoms with Crippen molar-refractivity contribution in [3.63, 3.8) is 0 Å². The van der Waals surface area contributed by atoms with Crippen LogP contribution in [0.4, 0.5) is 10.2 Å². The Morgan fingerprint density at radius 3 is 2.79 bits per heavy atom. The third-order valence-corrected chi connectivity index (χ3v) is 5.25. The Morgan fingerprint density at radius 2 is 2.12 bits per heavy atom. The van der Waals surface area contributed by atoms with Crippen molar-refractivity contribution < 1.29 is 9.13 Å². The largest absolute Gasteiger partial charge is 0.482 e. The van der Waals surface area contributed by atoms with E-state index in [9.17, 15) is 9.65 Å². The van der Waals surface area contributed by atoms with Crippen molar-refractivity contribution in [2.45, 2.75) is 26.4 Å². The number of halogens is 1. The molecule has 0 fully saturated rings. The molecule has 2 aromatic rings. The van der Waals surface area contributed by atoms with Gasteiger partial charge in [0.15, 0.2) is 11.6 Å². The Bertz CT molecular complexity index is 1240. The van der Waals surface area contributed by atoms with Crippen molar-refractivity contribution >= 4 is 23.4 Å². The first-order valence-electron chi connectivity index (χ1n) is 10.4. The fourth-order valence-electron chi connectivity index (χ4n) is 3.67. The lowest BCUT2D eigenvalue weighted by Crippen LogP contribution is -2.18. The van der Waals surface area contributed by atoms with Crippen LogP contribution in [0.25, 0.3) is 5.70 Å². The van der Waals surface area contributed by atoms with E-state index in [4.69, 9.17) is 21.9 Å². The van der Waals surface area contributed by atoms with Gasteiger partial charge in [-0.25, -0.2) is 9.37 Å². The van der Waals surface area contributed by atoms with Crippen LogP contribution in [0.5, 0.6) is 5.75 Å². The molecule has 1 atom stereocenters. The van der Waals surface area contributed by atoms with Gasteiger partial charge in [-0.05, 0) is 43.7 Å². The Labute approximate surface area is 192 Å². The minimum absolute atomic E-state index is 0.0129. The summed E-state index contributed by atoms with van der Waals surface area (Å²) in [4.78, 5) is 13.0. The quantitative estimate of drug-likeness (QED) is 0.475. The van der Waals surface area contributed by atoms with E-state index >= 15 is 0 Å². The second-order valence-corrected chi connectivity index (χ2v) is 7.43. The zero-order valence-electron chi connectivity index (χ0n) is 18.8. The van der Waals surface area contributed by atoms with Crippen LogP contribution in [0.2, 0.25) is 0 Å². The molecule has 0 saturated carbocycles. The second kappa shape index (κ2) is 9.96. The molecule has 0 aliphatic carbocycles. The smallest absolute Gasteiger partial charge is 0.166 e. The van der Waals surface area contributed by atoms with Crippen molar-refractivity contribution in [1.29, 1.82) is 5.26 Å². The molecule has 0 amide bonds. The molecule has 1 aromatic carbocycles. The molecular formula is C24H26FN7O. The number of aliphatic imine (C=N–C) groups is 2. The van der Waals surface area contributed by atoms with Crippen LogP contribution < -0.4 is 21.9 Å². The van der Waals surface area contributed by atoms with E-state index in [0.29, 0.717) is 51.5 Å². The number of hydrogen-bond acceptors (Lipinski definition) is 8. The predicted molar refractivity (Wildman–Crippen MR) is 128 cm³/mol. The van der Waals surface area contributed by atoms with Gasteiger partial charge in [0.05, 0.1) is 5.71 Å².